The van der Waals surface area contributed by atoms with E-state index < -0.39 is 0 Å². The van der Waals surface area contributed by atoms with E-state index in [1.165, 1.54) is 0 Å². The highest BCUT2D eigenvalue weighted by Crippen LogP contribution is 2.18. The third-order valence-electron chi connectivity index (χ3n) is 3.28. The van der Waals surface area contributed by atoms with Crippen molar-refractivity contribution >= 4 is 17.6 Å². The van der Waals surface area contributed by atoms with E-state index in [0.717, 1.165) is 17.7 Å². The minimum Gasteiger partial charge on any atom is -0.351 e. The predicted molar refractivity (Wildman–Crippen MR) is 92.3 cm³/mol. The van der Waals surface area contributed by atoms with Gasteiger partial charge < -0.3 is 10.2 Å². The summed E-state index contributed by atoms with van der Waals surface area (Å²) in [5, 5.41) is 2.98. The van der Waals surface area contributed by atoms with Gasteiger partial charge in [0.2, 0.25) is 0 Å². The number of nitrogens with one attached hydrogen (secondary N) is 1. The molecule has 0 radical (unpaired) electrons. The lowest BCUT2D eigenvalue weighted by molar-refractivity contribution is -0.115. The lowest BCUT2D eigenvalue weighted by atomic mass is 10.0. The fourth-order valence-electron chi connectivity index (χ4n) is 2.10. The molecule has 0 bridgehead atoms. The number of nitrogens with zero attached hydrogens (tertiary/aromatic N) is 1. The highest BCUT2D eigenvalue weighted by atomic mass is 16.1. The van der Waals surface area contributed by atoms with Gasteiger partial charge in [-0.1, -0.05) is 60.7 Å². The first-order valence-electron chi connectivity index (χ1n) is 7.42. The molecule has 0 heterocycles. The Kier molecular flexibility index (Phi) is 5.92. The standard InChI is InChI=1S/C19H22N2O/c1-21(2)14-13-20-19(22)18(17-11-7-4-8-12-17)15-16-9-5-3-6-10-16/h3-12,15H,13-14H2,1-2H3,(H,20,22). The molecule has 2 aromatic rings. The Morgan fingerprint density at radius 3 is 2.18 bits per heavy atom. The molecule has 1 N–H and O–H groups in total. The van der Waals surface area contributed by atoms with E-state index >= 15 is 0 Å². The minimum absolute atomic E-state index is 0.0445. The molecule has 0 atom stereocenters. The SMILES string of the molecule is CN(C)CCNC(=O)C(=Cc1ccccc1)c1ccccc1. The number of hydrogen-bond donors (Lipinski definition) is 1. The van der Waals surface area contributed by atoms with Crippen molar-refractivity contribution in [3.05, 3.63) is 71.8 Å². The Hall–Kier alpha value is -2.39. The summed E-state index contributed by atoms with van der Waals surface area (Å²) in [5.41, 5.74) is 2.63. The lowest BCUT2D eigenvalue weighted by Crippen LogP contribution is -2.31. The Labute approximate surface area is 132 Å². The Bertz CT molecular complexity index is 618. The van der Waals surface area contributed by atoms with Crippen molar-refractivity contribution in [2.24, 2.45) is 0 Å². The van der Waals surface area contributed by atoms with Crippen LogP contribution in [0.25, 0.3) is 11.6 Å². The van der Waals surface area contributed by atoms with Gasteiger partial charge in [-0.15, -0.1) is 0 Å². The molecule has 2 rings (SSSR count). The lowest BCUT2D eigenvalue weighted by Gasteiger charge is -2.12. The summed E-state index contributed by atoms with van der Waals surface area (Å²) in [5.74, 6) is -0.0445. The largest absolute Gasteiger partial charge is 0.351 e. The van der Waals surface area contributed by atoms with Crippen LogP contribution in [0, 0.1) is 0 Å². The second kappa shape index (κ2) is 8.15. The van der Waals surface area contributed by atoms with E-state index in [0.29, 0.717) is 12.1 Å². The number of hydrogen-bond acceptors (Lipinski definition) is 2. The van der Waals surface area contributed by atoms with Crippen molar-refractivity contribution in [3.63, 3.8) is 0 Å². The van der Waals surface area contributed by atoms with Crippen molar-refractivity contribution < 1.29 is 4.79 Å². The molecule has 0 aliphatic rings. The molecule has 0 fully saturated rings. The first kappa shape index (κ1) is 16.0. The Balaban J connectivity index is 2.23. The van der Waals surface area contributed by atoms with Crippen molar-refractivity contribution in [2.75, 3.05) is 27.2 Å². The number of likely N-dealkylation sites (N-methyl/N-ethyl adjacent to an activating group) is 1. The summed E-state index contributed by atoms with van der Waals surface area (Å²) < 4.78 is 0. The molecule has 1 amide bonds. The van der Waals surface area contributed by atoms with Gasteiger partial charge in [0.05, 0.1) is 0 Å². The van der Waals surface area contributed by atoms with E-state index in [1.54, 1.807) is 0 Å². The zero-order chi connectivity index (χ0) is 15.8. The van der Waals surface area contributed by atoms with Crippen LogP contribution in [0.5, 0.6) is 0 Å². The second-order valence-electron chi connectivity index (χ2n) is 5.39. The molecular weight excluding hydrogens is 272 g/mol. The van der Waals surface area contributed by atoms with E-state index in [4.69, 9.17) is 0 Å². The van der Waals surface area contributed by atoms with Crippen LogP contribution >= 0.6 is 0 Å². The number of rotatable bonds is 6. The van der Waals surface area contributed by atoms with Crippen molar-refractivity contribution in [1.29, 1.82) is 0 Å². The molecule has 3 heteroatoms. The highest BCUT2D eigenvalue weighted by molar-refractivity contribution is 6.24. The quantitative estimate of drug-likeness (QED) is 0.656. The van der Waals surface area contributed by atoms with E-state index in [2.05, 4.69) is 5.32 Å². The molecule has 3 nitrogen and oxygen atoms in total. The first-order chi connectivity index (χ1) is 10.7. The third-order valence-corrected chi connectivity index (χ3v) is 3.28. The van der Waals surface area contributed by atoms with Gasteiger partial charge >= 0.3 is 0 Å². The van der Waals surface area contributed by atoms with E-state index in [9.17, 15) is 4.79 Å². The van der Waals surface area contributed by atoms with E-state index in [-0.39, 0.29) is 5.91 Å². The van der Waals surface area contributed by atoms with Crippen molar-refractivity contribution in [1.82, 2.24) is 10.2 Å². The topological polar surface area (TPSA) is 32.3 Å². The molecule has 0 saturated heterocycles. The maximum absolute atomic E-state index is 12.5. The summed E-state index contributed by atoms with van der Waals surface area (Å²) in [6.45, 7) is 1.45. The Morgan fingerprint density at radius 1 is 1.00 bits per heavy atom. The average Bonchev–Trinajstić information content (AvgIpc) is 2.54. The first-order valence-corrected chi connectivity index (χ1v) is 7.42. The maximum atomic E-state index is 12.5. The molecule has 0 aromatic heterocycles. The molecule has 0 aliphatic carbocycles. The van der Waals surface area contributed by atoms with Crippen LogP contribution in [0.2, 0.25) is 0 Å². The van der Waals surface area contributed by atoms with Gasteiger partial charge in [-0.25, -0.2) is 0 Å². The fraction of sp³-hybridized carbons (Fsp3) is 0.211. The smallest absolute Gasteiger partial charge is 0.251 e. The fourth-order valence-corrected chi connectivity index (χ4v) is 2.10. The van der Waals surface area contributed by atoms with Gasteiger partial charge in [0.15, 0.2) is 0 Å². The highest BCUT2D eigenvalue weighted by Gasteiger charge is 2.11. The van der Waals surface area contributed by atoms with Crippen LogP contribution in [0.15, 0.2) is 60.7 Å². The van der Waals surface area contributed by atoms with Crippen LogP contribution in [0.4, 0.5) is 0 Å². The molecular formula is C19H22N2O. The Morgan fingerprint density at radius 2 is 1.59 bits per heavy atom. The van der Waals surface area contributed by atoms with Crippen molar-refractivity contribution in [2.45, 2.75) is 0 Å². The van der Waals surface area contributed by atoms with Crippen LogP contribution < -0.4 is 5.32 Å². The van der Waals surface area contributed by atoms with Gasteiger partial charge in [-0.05, 0) is 31.3 Å². The molecule has 0 saturated carbocycles. The molecule has 0 unspecified atom stereocenters. The second-order valence-corrected chi connectivity index (χ2v) is 5.39. The molecule has 2 aromatic carbocycles. The normalized spacial score (nSPS) is 11.5. The van der Waals surface area contributed by atoms with Gasteiger partial charge in [0.25, 0.3) is 5.91 Å². The van der Waals surface area contributed by atoms with Crippen LogP contribution in [-0.4, -0.2) is 38.0 Å². The molecule has 22 heavy (non-hydrogen) atoms. The van der Waals surface area contributed by atoms with Gasteiger partial charge in [-0.2, -0.15) is 0 Å². The monoisotopic (exact) mass is 294 g/mol. The van der Waals surface area contributed by atoms with E-state index in [1.807, 2.05) is 85.7 Å². The summed E-state index contributed by atoms with van der Waals surface area (Å²) in [6, 6.07) is 19.7. The zero-order valence-electron chi connectivity index (χ0n) is 13.1. The minimum atomic E-state index is -0.0445. The summed E-state index contributed by atoms with van der Waals surface area (Å²) in [4.78, 5) is 14.6. The predicted octanol–water partition coefficient (Wildman–Crippen LogP) is 2.91. The average molecular weight is 294 g/mol. The number of carbonyl (C=O) groups excluding carboxylic acids is 1. The summed E-state index contributed by atoms with van der Waals surface area (Å²) in [6.07, 6.45) is 1.93. The van der Waals surface area contributed by atoms with Gasteiger partial charge in [0.1, 0.15) is 0 Å². The summed E-state index contributed by atoms with van der Waals surface area (Å²) in [7, 11) is 3.98. The molecule has 0 spiro atoms. The zero-order valence-corrected chi connectivity index (χ0v) is 13.1. The van der Waals surface area contributed by atoms with Crippen LogP contribution in [-0.2, 0) is 4.79 Å². The molecule has 0 aliphatic heterocycles. The van der Waals surface area contributed by atoms with Crippen LogP contribution in [0.3, 0.4) is 0 Å². The number of benzene rings is 2. The third kappa shape index (κ3) is 4.86. The maximum Gasteiger partial charge on any atom is 0.251 e. The van der Waals surface area contributed by atoms with Crippen molar-refractivity contribution in [3.8, 4) is 0 Å². The van der Waals surface area contributed by atoms with Gasteiger partial charge in [0, 0.05) is 18.7 Å². The summed E-state index contributed by atoms with van der Waals surface area (Å²) >= 11 is 0. The van der Waals surface area contributed by atoms with Crippen LogP contribution in [0.1, 0.15) is 11.1 Å². The number of carbonyl (C=O) groups is 1. The molecule has 114 valence electrons. The number of amides is 1. The van der Waals surface area contributed by atoms with Gasteiger partial charge in [-0.3, -0.25) is 4.79 Å².